The maximum Gasteiger partial charge on any atom is 0.241 e. The first-order valence-electron chi connectivity index (χ1n) is 8.65. The van der Waals surface area contributed by atoms with E-state index in [9.17, 15) is 4.79 Å². The molecule has 3 N–H and O–H groups in total. The van der Waals surface area contributed by atoms with E-state index in [-0.39, 0.29) is 24.2 Å². The number of imidazole rings is 1. The van der Waals surface area contributed by atoms with Crippen LogP contribution in [0.15, 0.2) is 18.2 Å². The second-order valence-electron chi connectivity index (χ2n) is 6.59. The maximum absolute atomic E-state index is 12.2. The second kappa shape index (κ2) is 7.99. The third-order valence-corrected chi connectivity index (χ3v) is 4.94. The number of rotatable bonds is 4. The molecule has 5 nitrogen and oxygen atoms in total. The van der Waals surface area contributed by atoms with E-state index >= 15 is 0 Å². The molecule has 0 spiro atoms. The highest BCUT2D eigenvalue weighted by Gasteiger charge is 2.20. The lowest BCUT2D eigenvalue weighted by molar-refractivity contribution is -0.118. The number of carbonyl (C=O) groups is 1. The maximum atomic E-state index is 12.2. The number of hydrogen-bond donors (Lipinski definition) is 2. The lowest BCUT2D eigenvalue weighted by Gasteiger charge is -2.17. The van der Waals surface area contributed by atoms with Gasteiger partial charge in [0.15, 0.2) is 0 Å². The van der Waals surface area contributed by atoms with Crippen molar-refractivity contribution in [2.45, 2.75) is 58.5 Å². The van der Waals surface area contributed by atoms with E-state index in [1.165, 1.54) is 19.3 Å². The van der Waals surface area contributed by atoms with E-state index in [0.29, 0.717) is 0 Å². The minimum absolute atomic E-state index is 0. The highest BCUT2D eigenvalue weighted by molar-refractivity contribution is 5.96. The van der Waals surface area contributed by atoms with Gasteiger partial charge in [0.1, 0.15) is 5.82 Å². The molecule has 2 heterocycles. The minimum Gasteiger partial charge on any atom is -0.328 e. The lowest BCUT2D eigenvalue weighted by atomic mass is 9.99. The summed E-state index contributed by atoms with van der Waals surface area (Å²) in [6.07, 6.45) is 5.61. The summed E-state index contributed by atoms with van der Waals surface area (Å²) in [5.74, 6) is 1.21. The summed E-state index contributed by atoms with van der Waals surface area (Å²) < 4.78 is 2.32. The average Bonchev–Trinajstić information content (AvgIpc) is 2.73. The van der Waals surface area contributed by atoms with E-state index in [2.05, 4.69) is 16.0 Å². The third-order valence-electron chi connectivity index (χ3n) is 4.94. The molecule has 2 unspecified atom stereocenters. The molecular weight excluding hydrogens is 324 g/mol. The van der Waals surface area contributed by atoms with Crippen LogP contribution in [0.4, 0.5) is 5.69 Å². The van der Waals surface area contributed by atoms with Crippen LogP contribution in [0.5, 0.6) is 0 Å². The molecule has 24 heavy (non-hydrogen) atoms. The Morgan fingerprint density at radius 2 is 2.17 bits per heavy atom. The number of carbonyl (C=O) groups excluding carboxylic acids is 1. The van der Waals surface area contributed by atoms with Crippen molar-refractivity contribution >= 4 is 35.0 Å². The number of nitrogens with one attached hydrogen (secondary N) is 1. The molecule has 0 saturated carbocycles. The van der Waals surface area contributed by atoms with Crippen LogP contribution >= 0.6 is 12.4 Å². The largest absolute Gasteiger partial charge is 0.328 e. The van der Waals surface area contributed by atoms with Crippen molar-refractivity contribution in [3.63, 3.8) is 0 Å². The summed E-state index contributed by atoms with van der Waals surface area (Å²) in [6.45, 7) is 5.08. The zero-order chi connectivity index (χ0) is 16.4. The number of aromatic nitrogens is 2. The first-order valence-corrected chi connectivity index (χ1v) is 8.65. The summed E-state index contributed by atoms with van der Waals surface area (Å²) >= 11 is 0. The highest BCUT2D eigenvalue weighted by Crippen LogP contribution is 2.24. The van der Waals surface area contributed by atoms with Gasteiger partial charge in [-0.05, 0) is 37.0 Å². The zero-order valence-corrected chi connectivity index (χ0v) is 15.2. The molecule has 1 amide bonds. The van der Waals surface area contributed by atoms with Crippen LogP contribution < -0.4 is 11.1 Å². The third kappa shape index (κ3) is 3.73. The van der Waals surface area contributed by atoms with Crippen molar-refractivity contribution < 1.29 is 4.79 Å². The number of nitrogens with two attached hydrogens (primary N) is 1. The predicted octanol–water partition coefficient (Wildman–Crippen LogP) is 3.50. The predicted molar refractivity (Wildman–Crippen MR) is 101 cm³/mol. The number of halogens is 1. The van der Waals surface area contributed by atoms with Gasteiger partial charge in [0.05, 0.1) is 17.1 Å². The normalized spacial score (nSPS) is 16.6. The summed E-state index contributed by atoms with van der Waals surface area (Å²) in [5.41, 5.74) is 8.88. The zero-order valence-electron chi connectivity index (χ0n) is 14.4. The molecule has 2 aromatic rings. The Hall–Kier alpha value is -1.59. The molecule has 6 heteroatoms. The number of anilines is 1. The fraction of sp³-hybridized carbons (Fsp3) is 0.556. The Balaban J connectivity index is 0.00000208. The molecule has 1 aromatic carbocycles. The molecule has 0 bridgehead atoms. The van der Waals surface area contributed by atoms with Gasteiger partial charge in [0.2, 0.25) is 5.91 Å². The van der Waals surface area contributed by atoms with Crippen LogP contribution in [0.2, 0.25) is 0 Å². The van der Waals surface area contributed by atoms with Crippen LogP contribution in [0.25, 0.3) is 11.0 Å². The van der Waals surface area contributed by atoms with Crippen molar-refractivity contribution in [3.8, 4) is 0 Å². The van der Waals surface area contributed by atoms with E-state index in [4.69, 9.17) is 10.7 Å². The Labute approximate surface area is 149 Å². The molecule has 1 aliphatic rings. The molecule has 0 radical (unpaired) electrons. The van der Waals surface area contributed by atoms with E-state index in [1.807, 2.05) is 26.0 Å². The highest BCUT2D eigenvalue weighted by atomic mass is 35.5. The first kappa shape index (κ1) is 18.7. The van der Waals surface area contributed by atoms with E-state index in [1.54, 1.807) is 0 Å². The van der Waals surface area contributed by atoms with Gasteiger partial charge >= 0.3 is 0 Å². The molecule has 0 aliphatic carbocycles. The van der Waals surface area contributed by atoms with Gasteiger partial charge in [-0.1, -0.05) is 26.7 Å². The summed E-state index contributed by atoms with van der Waals surface area (Å²) in [4.78, 5) is 17.0. The summed E-state index contributed by atoms with van der Waals surface area (Å²) in [6, 6.07) is 5.48. The lowest BCUT2D eigenvalue weighted by Crippen LogP contribution is -2.40. The number of nitrogens with zero attached hydrogens (tertiary/aromatic N) is 2. The quantitative estimate of drug-likeness (QED) is 0.886. The van der Waals surface area contributed by atoms with Crippen molar-refractivity contribution in [2.75, 3.05) is 5.32 Å². The number of benzene rings is 1. The van der Waals surface area contributed by atoms with Gasteiger partial charge in [-0.15, -0.1) is 12.4 Å². The van der Waals surface area contributed by atoms with Gasteiger partial charge in [-0.3, -0.25) is 4.79 Å². The second-order valence-corrected chi connectivity index (χ2v) is 6.59. The number of fused-ring (bicyclic) bond motifs is 3. The minimum atomic E-state index is -0.477. The number of aryl methyl sites for hydroxylation is 2. The van der Waals surface area contributed by atoms with Gasteiger partial charge < -0.3 is 15.6 Å². The fourth-order valence-corrected chi connectivity index (χ4v) is 3.17. The van der Waals surface area contributed by atoms with Crippen LogP contribution in [0.3, 0.4) is 0 Å². The Morgan fingerprint density at radius 3 is 2.92 bits per heavy atom. The number of amides is 1. The molecule has 0 fully saturated rings. The average molecular weight is 351 g/mol. The molecule has 0 saturated heterocycles. The smallest absolute Gasteiger partial charge is 0.241 e. The van der Waals surface area contributed by atoms with Crippen molar-refractivity contribution in [3.05, 3.63) is 24.0 Å². The SMILES string of the molecule is CCC(C)C(N)C(=O)Nc1ccc2c(c1)nc1n2CCCCC1.Cl. The monoisotopic (exact) mass is 350 g/mol. The molecule has 3 rings (SSSR count). The molecule has 2 atom stereocenters. The fourth-order valence-electron chi connectivity index (χ4n) is 3.17. The Morgan fingerprint density at radius 1 is 1.38 bits per heavy atom. The van der Waals surface area contributed by atoms with Crippen LogP contribution in [-0.4, -0.2) is 21.5 Å². The molecular formula is C18H27ClN4O. The number of hydrogen-bond acceptors (Lipinski definition) is 3. The van der Waals surface area contributed by atoms with E-state index in [0.717, 1.165) is 41.9 Å². The standard InChI is InChI=1S/C18H26N4O.ClH/c1-3-12(2)17(19)18(23)20-13-8-9-15-14(11-13)21-16-7-5-4-6-10-22(15)16;/h8-9,11-12,17H,3-7,10,19H2,1-2H3,(H,20,23);1H. The van der Waals surface area contributed by atoms with Gasteiger partial charge in [0.25, 0.3) is 0 Å². The van der Waals surface area contributed by atoms with Crippen LogP contribution in [0.1, 0.15) is 45.4 Å². The van der Waals surface area contributed by atoms with Crippen molar-refractivity contribution in [1.82, 2.24) is 9.55 Å². The Kier molecular flexibility index (Phi) is 6.24. The Bertz CT molecular complexity index is 712. The van der Waals surface area contributed by atoms with Crippen LogP contribution in [-0.2, 0) is 17.8 Å². The molecule has 132 valence electrons. The van der Waals surface area contributed by atoms with Gasteiger partial charge in [0, 0.05) is 18.7 Å². The van der Waals surface area contributed by atoms with Gasteiger partial charge in [-0.25, -0.2) is 4.98 Å². The van der Waals surface area contributed by atoms with Gasteiger partial charge in [-0.2, -0.15) is 0 Å². The first-order chi connectivity index (χ1) is 11.1. The van der Waals surface area contributed by atoms with Crippen molar-refractivity contribution in [2.24, 2.45) is 11.7 Å². The molecule has 1 aliphatic heterocycles. The summed E-state index contributed by atoms with van der Waals surface area (Å²) in [5, 5.41) is 2.93. The molecule has 1 aromatic heterocycles. The van der Waals surface area contributed by atoms with Crippen molar-refractivity contribution in [1.29, 1.82) is 0 Å². The van der Waals surface area contributed by atoms with Crippen LogP contribution in [0, 0.1) is 5.92 Å². The van der Waals surface area contributed by atoms with E-state index < -0.39 is 6.04 Å². The summed E-state index contributed by atoms with van der Waals surface area (Å²) in [7, 11) is 0. The topological polar surface area (TPSA) is 72.9 Å².